The van der Waals surface area contributed by atoms with Crippen molar-refractivity contribution in [1.29, 1.82) is 0 Å². The van der Waals surface area contributed by atoms with E-state index in [1.165, 1.54) is 89.9 Å². The molecule has 0 radical (unpaired) electrons. The molecule has 1 saturated heterocycles. The molecule has 2 unspecified atom stereocenters. The van der Waals surface area contributed by atoms with Crippen LogP contribution in [-0.2, 0) is 14.2 Å². The van der Waals surface area contributed by atoms with Crippen molar-refractivity contribution in [2.75, 3.05) is 39.6 Å². The van der Waals surface area contributed by atoms with Crippen LogP contribution in [0.4, 0.5) is 0 Å². The minimum absolute atomic E-state index is 0.259. The van der Waals surface area contributed by atoms with E-state index in [9.17, 15) is 0 Å². The van der Waals surface area contributed by atoms with Crippen molar-refractivity contribution in [3.8, 4) is 0 Å². The fourth-order valence-electron chi connectivity index (χ4n) is 4.37. The molecule has 0 bridgehead atoms. The van der Waals surface area contributed by atoms with Gasteiger partial charge >= 0.3 is 0 Å². The molecule has 0 aromatic heterocycles. The molecular formula is C27H54O4. The summed E-state index contributed by atoms with van der Waals surface area (Å²) in [6.07, 6.45) is 23.6. The van der Waals surface area contributed by atoms with Crippen LogP contribution in [0.25, 0.3) is 0 Å². The highest BCUT2D eigenvalue weighted by Gasteiger charge is 2.25. The molecule has 0 spiro atoms. The van der Waals surface area contributed by atoms with Crippen LogP contribution in [0.1, 0.15) is 122 Å². The van der Waals surface area contributed by atoms with Crippen molar-refractivity contribution >= 4 is 0 Å². The summed E-state index contributed by atoms with van der Waals surface area (Å²) in [5.41, 5.74) is 0. The van der Waals surface area contributed by atoms with Gasteiger partial charge in [-0.3, -0.25) is 0 Å². The second kappa shape index (κ2) is 23.0. The summed E-state index contributed by atoms with van der Waals surface area (Å²) in [7, 11) is 0. The third-order valence-electron chi connectivity index (χ3n) is 6.41. The molecule has 1 aliphatic heterocycles. The predicted octanol–water partition coefficient (Wildman–Crippen LogP) is 7.07. The van der Waals surface area contributed by atoms with Gasteiger partial charge in [0.1, 0.15) is 0 Å². The molecule has 4 nitrogen and oxygen atoms in total. The second-order valence-corrected chi connectivity index (χ2v) is 9.59. The summed E-state index contributed by atoms with van der Waals surface area (Å²) in [6.45, 7) is 6.75. The van der Waals surface area contributed by atoms with E-state index in [1.807, 2.05) is 0 Å². The Morgan fingerprint density at radius 3 is 1.68 bits per heavy atom. The van der Waals surface area contributed by atoms with Gasteiger partial charge in [0.15, 0.2) is 0 Å². The highest BCUT2D eigenvalue weighted by molar-refractivity contribution is 4.73. The van der Waals surface area contributed by atoms with Crippen molar-refractivity contribution in [2.24, 2.45) is 5.92 Å². The lowest BCUT2D eigenvalue weighted by Gasteiger charge is -2.11. The van der Waals surface area contributed by atoms with Crippen molar-refractivity contribution in [3.05, 3.63) is 0 Å². The van der Waals surface area contributed by atoms with E-state index < -0.39 is 0 Å². The molecule has 186 valence electrons. The number of hydrogen-bond acceptors (Lipinski definition) is 4. The molecule has 0 amide bonds. The highest BCUT2D eigenvalue weighted by Crippen LogP contribution is 2.20. The van der Waals surface area contributed by atoms with Gasteiger partial charge < -0.3 is 19.3 Å². The van der Waals surface area contributed by atoms with E-state index in [1.54, 1.807) is 0 Å². The summed E-state index contributed by atoms with van der Waals surface area (Å²) in [5.74, 6) is 0.546. The van der Waals surface area contributed by atoms with E-state index in [0.717, 1.165) is 58.7 Å². The van der Waals surface area contributed by atoms with E-state index in [-0.39, 0.29) is 6.10 Å². The zero-order chi connectivity index (χ0) is 22.2. The maximum Gasteiger partial charge on any atom is 0.0813 e. The normalized spacial score (nSPS) is 18.8. The first-order valence-corrected chi connectivity index (χ1v) is 13.7. The van der Waals surface area contributed by atoms with Crippen LogP contribution in [0, 0.1) is 5.92 Å². The average Bonchev–Trinajstić information content (AvgIpc) is 3.23. The minimum atomic E-state index is 0.259. The molecule has 0 aliphatic carbocycles. The van der Waals surface area contributed by atoms with Crippen LogP contribution in [0.5, 0.6) is 0 Å². The van der Waals surface area contributed by atoms with Crippen LogP contribution in [0.2, 0.25) is 0 Å². The summed E-state index contributed by atoms with van der Waals surface area (Å²) in [5, 5.41) is 8.76. The zero-order valence-corrected chi connectivity index (χ0v) is 20.8. The SMILES string of the molecule is CCCCCCCCCCCCCCOCC1COC(COCCCCCCCO)C1. The first-order valence-electron chi connectivity index (χ1n) is 13.7. The molecule has 1 N–H and O–H groups in total. The van der Waals surface area contributed by atoms with E-state index >= 15 is 0 Å². The fraction of sp³-hybridized carbons (Fsp3) is 1.00. The molecule has 1 fully saturated rings. The lowest BCUT2D eigenvalue weighted by Crippen LogP contribution is -2.15. The van der Waals surface area contributed by atoms with Gasteiger partial charge in [-0.1, -0.05) is 96.8 Å². The van der Waals surface area contributed by atoms with Gasteiger partial charge in [-0.25, -0.2) is 0 Å². The second-order valence-electron chi connectivity index (χ2n) is 9.59. The zero-order valence-electron chi connectivity index (χ0n) is 20.8. The van der Waals surface area contributed by atoms with Gasteiger partial charge in [0.25, 0.3) is 0 Å². The monoisotopic (exact) mass is 442 g/mol. The van der Waals surface area contributed by atoms with Crippen LogP contribution in [0.15, 0.2) is 0 Å². The number of ether oxygens (including phenoxy) is 3. The Kier molecular flexibility index (Phi) is 21.4. The molecule has 31 heavy (non-hydrogen) atoms. The molecule has 1 aliphatic rings. The molecule has 0 aromatic carbocycles. The molecular weight excluding hydrogens is 388 g/mol. The van der Waals surface area contributed by atoms with Crippen LogP contribution < -0.4 is 0 Å². The molecule has 2 atom stereocenters. The topological polar surface area (TPSA) is 47.9 Å². The van der Waals surface area contributed by atoms with Crippen molar-refractivity contribution in [2.45, 2.75) is 129 Å². The van der Waals surface area contributed by atoms with E-state index in [4.69, 9.17) is 19.3 Å². The Morgan fingerprint density at radius 2 is 1.13 bits per heavy atom. The van der Waals surface area contributed by atoms with Gasteiger partial charge in [0.05, 0.1) is 25.9 Å². The highest BCUT2D eigenvalue weighted by atomic mass is 16.5. The predicted molar refractivity (Wildman–Crippen MR) is 131 cm³/mol. The van der Waals surface area contributed by atoms with Gasteiger partial charge in [-0.2, -0.15) is 0 Å². The summed E-state index contributed by atoms with van der Waals surface area (Å²) in [4.78, 5) is 0. The molecule has 0 saturated carbocycles. The summed E-state index contributed by atoms with van der Waals surface area (Å²) >= 11 is 0. The Hall–Kier alpha value is -0.160. The number of aliphatic hydroxyl groups is 1. The third-order valence-corrected chi connectivity index (χ3v) is 6.41. The van der Waals surface area contributed by atoms with E-state index in [2.05, 4.69) is 6.92 Å². The van der Waals surface area contributed by atoms with Gasteiger partial charge in [-0.05, 0) is 25.7 Å². The smallest absolute Gasteiger partial charge is 0.0813 e. The largest absolute Gasteiger partial charge is 0.396 e. The van der Waals surface area contributed by atoms with Crippen molar-refractivity contribution in [1.82, 2.24) is 0 Å². The Bertz CT molecular complexity index is 350. The third kappa shape index (κ3) is 19.1. The van der Waals surface area contributed by atoms with Crippen LogP contribution in [-0.4, -0.2) is 50.9 Å². The summed E-state index contributed by atoms with van der Waals surface area (Å²) in [6, 6.07) is 0. The average molecular weight is 443 g/mol. The Balaban J connectivity index is 1.76. The quantitative estimate of drug-likeness (QED) is 0.162. The van der Waals surface area contributed by atoms with Gasteiger partial charge in [0, 0.05) is 25.7 Å². The van der Waals surface area contributed by atoms with Crippen molar-refractivity contribution < 1.29 is 19.3 Å². The van der Waals surface area contributed by atoms with Crippen LogP contribution >= 0.6 is 0 Å². The van der Waals surface area contributed by atoms with Crippen LogP contribution in [0.3, 0.4) is 0 Å². The first-order chi connectivity index (χ1) is 15.4. The number of unbranched alkanes of at least 4 members (excludes halogenated alkanes) is 15. The number of hydrogen-bond donors (Lipinski definition) is 1. The summed E-state index contributed by atoms with van der Waals surface area (Å²) < 4.78 is 17.6. The Morgan fingerprint density at radius 1 is 0.645 bits per heavy atom. The van der Waals surface area contributed by atoms with Gasteiger partial charge in [-0.15, -0.1) is 0 Å². The first kappa shape index (κ1) is 28.9. The standard InChI is InChI=1S/C27H54O4/c1-2-3-4-5-6-7-8-9-10-11-14-17-20-29-23-26-22-27(31-24-26)25-30-21-18-15-12-13-16-19-28/h26-28H,2-25H2,1H3. The maximum atomic E-state index is 8.76. The van der Waals surface area contributed by atoms with E-state index in [0.29, 0.717) is 12.5 Å². The lowest BCUT2D eigenvalue weighted by atomic mass is 10.1. The Labute approximate surface area is 193 Å². The molecule has 1 rings (SSSR count). The lowest BCUT2D eigenvalue weighted by molar-refractivity contribution is 0.0140. The minimum Gasteiger partial charge on any atom is -0.396 e. The number of rotatable bonds is 24. The molecule has 4 heteroatoms. The molecule has 1 heterocycles. The maximum absolute atomic E-state index is 8.76. The molecule has 0 aromatic rings. The number of aliphatic hydroxyl groups excluding tert-OH is 1. The van der Waals surface area contributed by atoms with Gasteiger partial charge in [0.2, 0.25) is 0 Å². The fourth-order valence-corrected chi connectivity index (χ4v) is 4.37. The van der Waals surface area contributed by atoms with Crippen molar-refractivity contribution in [3.63, 3.8) is 0 Å².